The summed E-state index contributed by atoms with van der Waals surface area (Å²) in [4.78, 5) is 24.2. The summed E-state index contributed by atoms with van der Waals surface area (Å²) in [5, 5.41) is 18.7. The van der Waals surface area contributed by atoms with Crippen LogP contribution in [0.1, 0.15) is 31.8 Å². The smallest absolute Gasteiger partial charge is 0.335 e. The van der Waals surface area contributed by atoms with Gasteiger partial charge < -0.3 is 15.1 Å². The van der Waals surface area contributed by atoms with Gasteiger partial charge in [0, 0.05) is 23.8 Å². The molecule has 0 fully saturated rings. The molecule has 0 radical (unpaired) electrons. The summed E-state index contributed by atoms with van der Waals surface area (Å²) >= 11 is 6.15. The molecule has 0 unspecified atom stereocenters. The van der Waals surface area contributed by atoms with Gasteiger partial charge in [-0.25, -0.2) is 9.59 Å². The maximum Gasteiger partial charge on any atom is 0.335 e. The maximum absolute atomic E-state index is 11.0. The Labute approximate surface area is 167 Å². The summed E-state index contributed by atoms with van der Waals surface area (Å²) in [6, 6.07) is 20.9. The Hall–Kier alpha value is -3.31. The van der Waals surface area contributed by atoms with Crippen molar-refractivity contribution in [3.05, 3.63) is 100 Å². The van der Waals surface area contributed by atoms with Gasteiger partial charge in [0.05, 0.1) is 11.1 Å². The van der Waals surface area contributed by atoms with Crippen molar-refractivity contribution in [1.29, 1.82) is 0 Å². The Bertz CT molecular complexity index is 925. The Kier molecular flexibility index (Phi) is 5.96. The third-order valence-electron chi connectivity index (χ3n) is 4.32. The summed E-state index contributed by atoms with van der Waals surface area (Å²) in [6.45, 7) is 1.09. The molecule has 0 amide bonds. The molecule has 0 atom stereocenters. The van der Waals surface area contributed by atoms with Gasteiger partial charge >= 0.3 is 11.9 Å². The zero-order valence-electron chi connectivity index (χ0n) is 14.9. The molecule has 3 aromatic rings. The number of aromatic carboxylic acids is 2. The van der Waals surface area contributed by atoms with Crippen LogP contribution in [0, 0.1) is 0 Å². The van der Waals surface area contributed by atoms with E-state index in [2.05, 4.69) is 4.90 Å². The highest BCUT2D eigenvalue weighted by atomic mass is 35.5. The molecule has 0 aliphatic heterocycles. The van der Waals surface area contributed by atoms with Crippen molar-refractivity contribution in [1.82, 2.24) is 0 Å². The molecule has 28 heavy (non-hydrogen) atoms. The Morgan fingerprint density at radius 1 is 0.750 bits per heavy atom. The van der Waals surface area contributed by atoms with Crippen LogP contribution in [0.5, 0.6) is 0 Å². The normalized spacial score (nSPS) is 10.5. The van der Waals surface area contributed by atoms with E-state index in [-0.39, 0.29) is 11.1 Å². The average molecular weight is 396 g/mol. The molecule has 0 aliphatic rings. The van der Waals surface area contributed by atoms with E-state index in [4.69, 9.17) is 21.8 Å². The van der Waals surface area contributed by atoms with Crippen molar-refractivity contribution in [2.75, 3.05) is 4.90 Å². The van der Waals surface area contributed by atoms with Crippen molar-refractivity contribution in [3.8, 4) is 0 Å². The lowest BCUT2D eigenvalue weighted by atomic mass is 10.1. The Morgan fingerprint density at radius 3 is 1.61 bits per heavy atom. The molecular formula is C22H18ClNO4. The number of hydrogen-bond acceptors (Lipinski definition) is 3. The molecule has 0 bridgehead atoms. The molecule has 0 aromatic heterocycles. The fraction of sp³-hybridized carbons (Fsp3) is 0.0909. The van der Waals surface area contributed by atoms with Crippen molar-refractivity contribution in [2.45, 2.75) is 13.1 Å². The van der Waals surface area contributed by atoms with Gasteiger partial charge in [0.1, 0.15) is 0 Å². The van der Waals surface area contributed by atoms with Gasteiger partial charge in [-0.3, -0.25) is 0 Å². The first kappa shape index (κ1) is 19.5. The molecule has 0 aliphatic carbocycles. The van der Waals surface area contributed by atoms with E-state index >= 15 is 0 Å². The molecule has 5 nitrogen and oxygen atoms in total. The molecule has 6 heteroatoms. The van der Waals surface area contributed by atoms with Gasteiger partial charge in [0.2, 0.25) is 0 Å². The Morgan fingerprint density at radius 2 is 1.21 bits per heavy atom. The average Bonchev–Trinajstić information content (AvgIpc) is 2.68. The maximum atomic E-state index is 11.0. The van der Waals surface area contributed by atoms with Crippen LogP contribution in [0.3, 0.4) is 0 Å². The minimum Gasteiger partial charge on any atom is -0.478 e. The van der Waals surface area contributed by atoms with E-state index in [0.29, 0.717) is 18.1 Å². The molecule has 2 N–H and O–H groups in total. The summed E-state index contributed by atoms with van der Waals surface area (Å²) in [5.41, 5.74) is 3.29. The standard InChI is InChI=1S/C22H18ClNO4/c23-19-2-1-3-20(12-19)24(13-15-4-8-17(9-5-15)21(25)26)14-16-6-10-18(11-7-16)22(27)28/h1-12H,13-14H2,(H,25,26)(H,27,28). The molecule has 0 spiro atoms. The highest BCUT2D eigenvalue weighted by Gasteiger charge is 2.11. The minimum absolute atomic E-state index is 0.238. The second-order valence-corrected chi connectivity index (χ2v) is 6.78. The van der Waals surface area contributed by atoms with Crippen molar-refractivity contribution < 1.29 is 19.8 Å². The first-order valence-electron chi connectivity index (χ1n) is 8.57. The highest BCUT2D eigenvalue weighted by molar-refractivity contribution is 6.30. The van der Waals surface area contributed by atoms with Gasteiger partial charge in [-0.15, -0.1) is 0 Å². The predicted octanol–water partition coefficient (Wildman–Crippen LogP) is 4.94. The van der Waals surface area contributed by atoms with Crippen LogP contribution >= 0.6 is 11.6 Å². The van der Waals surface area contributed by atoms with E-state index < -0.39 is 11.9 Å². The lowest BCUT2D eigenvalue weighted by Crippen LogP contribution is -2.22. The third kappa shape index (κ3) is 4.90. The van der Waals surface area contributed by atoms with E-state index in [1.807, 2.05) is 18.2 Å². The lowest BCUT2D eigenvalue weighted by molar-refractivity contribution is 0.0686. The molecular weight excluding hydrogens is 378 g/mol. The minimum atomic E-state index is -0.961. The van der Waals surface area contributed by atoms with Crippen molar-refractivity contribution in [2.24, 2.45) is 0 Å². The van der Waals surface area contributed by atoms with E-state index in [1.54, 1.807) is 54.6 Å². The number of halogens is 1. The highest BCUT2D eigenvalue weighted by Crippen LogP contribution is 2.24. The zero-order valence-corrected chi connectivity index (χ0v) is 15.6. The summed E-state index contributed by atoms with van der Waals surface area (Å²) in [6.07, 6.45) is 0. The molecule has 142 valence electrons. The number of benzene rings is 3. The van der Waals surface area contributed by atoms with Crippen molar-refractivity contribution in [3.63, 3.8) is 0 Å². The van der Waals surface area contributed by atoms with Crippen LogP contribution in [-0.4, -0.2) is 22.2 Å². The molecule has 3 aromatic carbocycles. The Balaban J connectivity index is 1.86. The van der Waals surface area contributed by atoms with Crippen LogP contribution in [0.4, 0.5) is 5.69 Å². The number of carbonyl (C=O) groups is 2. The lowest BCUT2D eigenvalue weighted by Gasteiger charge is -2.25. The molecule has 0 saturated heterocycles. The van der Waals surface area contributed by atoms with E-state index in [1.165, 1.54) is 0 Å². The summed E-state index contributed by atoms with van der Waals surface area (Å²) in [7, 11) is 0. The summed E-state index contributed by atoms with van der Waals surface area (Å²) < 4.78 is 0. The first-order chi connectivity index (χ1) is 13.4. The van der Waals surface area contributed by atoms with E-state index in [9.17, 15) is 9.59 Å². The number of carboxylic acids is 2. The van der Waals surface area contributed by atoms with Gasteiger partial charge in [-0.05, 0) is 53.6 Å². The van der Waals surface area contributed by atoms with Crippen LogP contribution in [-0.2, 0) is 13.1 Å². The predicted molar refractivity (Wildman–Crippen MR) is 108 cm³/mol. The fourth-order valence-corrected chi connectivity index (χ4v) is 3.04. The van der Waals surface area contributed by atoms with Crippen LogP contribution in [0.2, 0.25) is 5.02 Å². The molecule has 3 rings (SSSR count). The van der Waals surface area contributed by atoms with Crippen LogP contribution < -0.4 is 4.90 Å². The fourth-order valence-electron chi connectivity index (χ4n) is 2.86. The van der Waals surface area contributed by atoms with Gasteiger partial charge in [-0.1, -0.05) is 41.9 Å². The van der Waals surface area contributed by atoms with Gasteiger partial charge in [0.25, 0.3) is 0 Å². The second-order valence-electron chi connectivity index (χ2n) is 6.34. The topological polar surface area (TPSA) is 77.8 Å². The monoisotopic (exact) mass is 395 g/mol. The van der Waals surface area contributed by atoms with Crippen LogP contribution in [0.15, 0.2) is 72.8 Å². The second kappa shape index (κ2) is 8.59. The number of nitrogens with zero attached hydrogens (tertiary/aromatic N) is 1. The summed E-state index contributed by atoms with van der Waals surface area (Å²) in [5.74, 6) is -1.92. The van der Waals surface area contributed by atoms with Crippen LogP contribution in [0.25, 0.3) is 0 Å². The van der Waals surface area contributed by atoms with E-state index in [0.717, 1.165) is 16.8 Å². The largest absolute Gasteiger partial charge is 0.478 e. The number of carboxylic acid groups (broad SMARTS) is 2. The zero-order chi connectivity index (χ0) is 20.1. The molecule has 0 heterocycles. The van der Waals surface area contributed by atoms with Gasteiger partial charge in [0.15, 0.2) is 0 Å². The molecule has 0 saturated carbocycles. The first-order valence-corrected chi connectivity index (χ1v) is 8.95. The number of rotatable bonds is 7. The third-order valence-corrected chi connectivity index (χ3v) is 4.56. The van der Waals surface area contributed by atoms with Gasteiger partial charge in [-0.2, -0.15) is 0 Å². The number of anilines is 1. The van der Waals surface area contributed by atoms with Crippen molar-refractivity contribution >= 4 is 29.2 Å². The SMILES string of the molecule is O=C(O)c1ccc(CN(Cc2ccc(C(=O)O)cc2)c2cccc(Cl)c2)cc1. The quantitative estimate of drug-likeness (QED) is 0.592. The number of hydrogen-bond donors (Lipinski definition) is 2.